The summed E-state index contributed by atoms with van der Waals surface area (Å²) in [5.41, 5.74) is 2.77. The van der Waals surface area contributed by atoms with Gasteiger partial charge in [-0.3, -0.25) is 5.84 Å². The van der Waals surface area contributed by atoms with E-state index in [9.17, 15) is 13.5 Å². The van der Waals surface area contributed by atoms with Gasteiger partial charge in [0.25, 0.3) is 0 Å². The number of hydrogen-bond acceptors (Lipinski definition) is 5. The molecule has 0 bridgehead atoms. The van der Waals surface area contributed by atoms with E-state index in [2.05, 4.69) is 5.43 Å². The smallest absolute Gasteiger partial charge is 0.245 e. The van der Waals surface area contributed by atoms with Crippen LogP contribution in [0.1, 0.15) is 12.8 Å². The van der Waals surface area contributed by atoms with Crippen LogP contribution in [0.25, 0.3) is 0 Å². The van der Waals surface area contributed by atoms with Crippen LogP contribution in [-0.4, -0.2) is 37.0 Å². The second-order valence-corrected chi connectivity index (χ2v) is 6.18. The molecular formula is C11H17N3O3S. The first-order valence-electron chi connectivity index (χ1n) is 5.79. The van der Waals surface area contributed by atoms with Crippen LogP contribution in [0.3, 0.4) is 0 Å². The van der Waals surface area contributed by atoms with Crippen molar-refractivity contribution in [3.05, 3.63) is 24.3 Å². The van der Waals surface area contributed by atoms with Crippen LogP contribution in [0.4, 0.5) is 5.69 Å². The van der Waals surface area contributed by atoms with Crippen molar-refractivity contribution in [3.63, 3.8) is 0 Å². The van der Waals surface area contributed by atoms with Gasteiger partial charge in [-0.15, -0.1) is 0 Å². The maximum Gasteiger partial charge on any atom is 0.245 e. The number of piperidine rings is 1. The molecule has 1 aromatic carbocycles. The number of hydrogen-bond donors (Lipinski definition) is 3. The molecule has 0 radical (unpaired) electrons. The number of rotatable bonds is 3. The third kappa shape index (κ3) is 2.49. The summed E-state index contributed by atoms with van der Waals surface area (Å²) < 4.78 is 26.2. The normalized spacial score (nSPS) is 18.8. The molecule has 0 spiro atoms. The zero-order chi connectivity index (χ0) is 13.2. The Morgan fingerprint density at radius 3 is 2.50 bits per heavy atom. The molecule has 0 aromatic heterocycles. The Bertz CT molecular complexity index is 510. The average molecular weight is 271 g/mol. The van der Waals surface area contributed by atoms with Crippen LogP contribution < -0.4 is 11.3 Å². The summed E-state index contributed by atoms with van der Waals surface area (Å²) in [7, 11) is -3.55. The van der Waals surface area contributed by atoms with Crippen molar-refractivity contribution in [1.82, 2.24) is 4.31 Å². The minimum atomic E-state index is -3.55. The Morgan fingerprint density at radius 1 is 1.28 bits per heavy atom. The van der Waals surface area contributed by atoms with Crippen LogP contribution in [0.5, 0.6) is 0 Å². The summed E-state index contributed by atoms with van der Waals surface area (Å²) in [5.74, 6) is 5.33. The molecule has 1 heterocycles. The SMILES string of the molecule is NNc1ccccc1S(=O)(=O)N1CCC(O)CC1. The number of nitrogens with zero attached hydrogens (tertiary/aromatic N) is 1. The fourth-order valence-electron chi connectivity index (χ4n) is 2.03. The van der Waals surface area contributed by atoms with Crippen molar-refractivity contribution < 1.29 is 13.5 Å². The highest BCUT2D eigenvalue weighted by Crippen LogP contribution is 2.26. The van der Waals surface area contributed by atoms with Crippen molar-refractivity contribution >= 4 is 15.7 Å². The summed E-state index contributed by atoms with van der Waals surface area (Å²) in [6.07, 6.45) is 0.536. The number of nitrogens with one attached hydrogen (secondary N) is 1. The van der Waals surface area contributed by atoms with Crippen molar-refractivity contribution in [1.29, 1.82) is 0 Å². The zero-order valence-electron chi connectivity index (χ0n) is 9.91. The lowest BCUT2D eigenvalue weighted by molar-refractivity contribution is 0.113. The zero-order valence-corrected chi connectivity index (χ0v) is 10.7. The van der Waals surface area contributed by atoms with E-state index in [-0.39, 0.29) is 4.90 Å². The number of benzene rings is 1. The summed E-state index contributed by atoms with van der Waals surface area (Å²) >= 11 is 0. The molecule has 100 valence electrons. The van der Waals surface area contributed by atoms with E-state index >= 15 is 0 Å². The molecular weight excluding hydrogens is 254 g/mol. The number of hydrazine groups is 1. The molecule has 18 heavy (non-hydrogen) atoms. The Hall–Kier alpha value is -1.15. The van der Waals surface area contributed by atoms with Gasteiger partial charge in [0.15, 0.2) is 0 Å². The third-order valence-electron chi connectivity index (χ3n) is 3.08. The van der Waals surface area contributed by atoms with Gasteiger partial charge in [0.1, 0.15) is 4.90 Å². The predicted molar refractivity (Wildman–Crippen MR) is 68.3 cm³/mol. The van der Waals surface area contributed by atoms with Crippen molar-refractivity contribution in [2.75, 3.05) is 18.5 Å². The van der Waals surface area contributed by atoms with Crippen LogP contribution >= 0.6 is 0 Å². The average Bonchev–Trinajstić information content (AvgIpc) is 2.39. The highest BCUT2D eigenvalue weighted by atomic mass is 32.2. The topological polar surface area (TPSA) is 95.7 Å². The van der Waals surface area contributed by atoms with E-state index in [1.807, 2.05) is 0 Å². The molecule has 0 saturated carbocycles. The standard InChI is InChI=1S/C11H17N3O3S/c12-13-10-3-1-2-4-11(10)18(16,17)14-7-5-9(15)6-8-14/h1-4,9,13,15H,5-8,12H2. The molecule has 1 saturated heterocycles. The summed E-state index contributed by atoms with van der Waals surface area (Å²) in [4.78, 5) is 0.170. The van der Waals surface area contributed by atoms with Gasteiger partial charge in [-0.2, -0.15) is 4.31 Å². The third-order valence-corrected chi connectivity index (χ3v) is 5.04. The fraction of sp³-hybridized carbons (Fsp3) is 0.455. The van der Waals surface area contributed by atoms with E-state index in [0.29, 0.717) is 31.6 Å². The maximum atomic E-state index is 12.4. The summed E-state index contributed by atoms with van der Waals surface area (Å²) in [6, 6.07) is 6.52. The predicted octanol–water partition coefficient (Wildman–Crippen LogP) is 0.118. The lowest BCUT2D eigenvalue weighted by Gasteiger charge is -2.29. The quantitative estimate of drug-likeness (QED) is 0.536. The summed E-state index contributed by atoms with van der Waals surface area (Å²) in [6.45, 7) is 0.671. The molecule has 1 aliphatic heterocycles. The molecule has 0 aliphatic carbocycles. The van der Waals surface area contributed by atoms with Gasteiger partial charge in [-0.25, -0.2) is 8.42 Å². The van der Waals surface area contributed by atoms with Gasteiger partial charge in [0, 0.05) is 13.1 Å². The molecule has 4 N–H and O–H groups in total. The molecule has 1 fully saturated rings. The lowest BCUT2D eigenvalue weighted by Crippen LogP contribution is -2.40. The van der Waals surface area contributed by atoms with Gasteiger partial charge in [-0.05, 0) is 25.0 Å². The molecule has 0 atom stereocenters. The Morgan fingerprint density at radius 2 is 1.89 bits per heavy atom. The fourth-order valence-corrected chi connectivity index (χ4v) is 3.66. The highest BCUT2D eigenvalue weighted by molar-refractivity contribution is 7.89. The number of anilines is 1. The van der Waals surface area contributed by atoms with Crippen molar-refractivity contribution in [2.45, 2.75) is 23.8 Å². The van der Waals surface area contributed by atoms with Gasteiger partial charge in [0.05, 0.1) is 11.8 Å². The monoisotopic (exact) mass is 271 g/mol. The van der Waals surface area contributed by atoms with Crippen LogP contribution in [0.2, 0.25) is 0 Å². The first kappa shape index (κ1) is 13.3. The molecule has 1 aliphatic rings. The van der Waals surface area contributed by atoms with E-state index in [0.717, 1.165) is 0 Å². The molecule has 1 aromatic rings. The lowest BCUT2D eigenvalue weighted by atomic mass is 10.1. The van der Waals surface area contributed by atoms with E-state index in [4.69, 9.17) is 5.84 Å². The molecule has 0 unspecified atom stereocenters. The van der Waals surface area contributed by atoms with E-state index in [1.165, 1.54) is 10.4 Å². The molecule has 6 nitrogen and oxygen atoms in total. The van der Waals surface area contributed by atoms with Crippen molar-refractivity contribution in [2.24, 2.45) is 5.84 Å². The number of nitrogens with two attached hydrogens (primary N) is 1. The minimum Gasteiger partial charge on any atom is -0.393 e. The number of para-hydroxylation sites is 1. The van der Waals surface area contributed by atoms with Gasteiger partial charge >= 0.3 is 0 Å². The molecule has 0 amide bonds. The van der Waals surface area contributed by atoms with Gasteiger partial charge < -0.3 is 10.5 Å². The first-order chi connectivity index (χ1) is 8.55. The highest BCUT2D eigenvalue weighted by Gasteiger charge is 2.30. The maximum absolute atomic E-state index is 12.4. The van der Waals surface area contributed by atoms with E-state index < -0.39 is 16.1 Å². The Labute approximate surface area is 106 Å². The largest absolute Gasteiger partial charge is 0.393 e. The number of nitrogen functional groups attached to an aromatic ring is 1. The van der Waals surface area contributed by atoms with Crippen LogP contribution in [0.15, 0.2) is 29.2 Å². The number of aliphatic hydroxyl groups is 1. The molecule has 7 heteroatoms. The van der Waals surface area contributed by atoms with Crippen molar-refractivity contribution in [3.8, 4) is 0 Å². The van der Waals surface area contributed by atoms with Gasteiger partial charge in [-0.1, -0.05) is 12.1 Å². The Kier molecular flexibility index (Phi) is 3.86. The minimum absolute atomic E-state index is 0.170. The van der Waals surface area contributed by atoms with Crippen LogP contribution in [-0.2, 0) is 10.0 Å². The first-order valence-corrected chi connectivity index (χ1v) is 7.23. The Balaban J connectivity index is 2.30. The van der Waals surface area contributed by atoms with Crippen LogP contribution in [0, 0.1) is 0 Å². The summed E-state index contributed by atoms with van der Waals surface area (Å²) in [5, 5.41) is 9.41. The van der Waals surface area contributed by atoms with E-state index in [1.54, 1.807) is 18.2 Å². The second-order valence-electron chi connectivity index (χ2n) is 4.28. The molecule has 2 rings (SSSR count). The van der Waals surface area contributed by atoms with Gasteiger partial charge in [0.2, 0.25) is 10.0 Å². The number of sulfonamides is 1. The second kappa shape index (κ2) is 5.23. The number of aliphatic hydroxyl groups excluding tert-OH is 1.